The average Bonchev–Trinajstić information content (AvgIpc) is 3.19. The van der Waals surface area contributed by atoms with Gasteiger partial charge >= 0.3 is 12.4 Å². The number of para-hydroxylation sites is 1. The minimum absolute atomic E-state index is 0.298. The van der Waals surface area contributed by atoms with E-state index in [4.69, 9.17) is 0 Å². The molecule has 0 aliphatic rings. The van der Waals surface area contributed by atoms with Crippen LogP contribution in [0.15, 0.2) is 72.1 Å². The molecule has 174 valence electrons. The molecule has 0 fully saturated rings. The van der Waals surface area contributed by atoms with Gasteiger partial charge in [-0.05, 0) is 61.4 Å². The number of nitrogens with one attached hydrogen (secondary N) is 2. The lowest BCUT2D eigenvalue weighted by Gasteiger charge is -2.10. The number of halogens is 3. The molecule has 2 amide bonds. The molecule has 7 nitrogen and oxygen atoms in total. The number of ether oxygens (including phenoxy) is 1. The number of aromatic nitrogens is 2. The molecule has 4 aromatic rings. The second kappa shape index (κ2) is 9.26. The third-order valence-electron chi connectivity index (χ3n) is 4.96. The molecule has 2 aromatic carbocycles. The van der Waals surface area contributed by atoms with Gasteiger partial charge in [-0.1, -0.05) is 18.2 Å². The molecule has 0 unspecified atom stereocenters. The highest BCUT2D eigenvalue weighted by atomic mass is 19.4. The Hall–Kier alpha value is -4.34. The molecule has 0 radical (unpaired) electrons. The number of fused-ring (bicyclic) bond motifs is 1. The Kier molecular flexibility index (Phi) is 6.22. The number of aryl methyl sites for hydroxylation is 2. The normalized spacial score (nSPS) is 11.7. The largest absolute Gasteiger partial charge is 0.573 e. The molecule has 0 spiro atoms. The van der Waals surface area contributed by atoms with Gasteiger partial charge in [0.1, 0.15) is 11.4 Å². The standard InChI is InChI=1S/C24H20F3N5O2/c1-15-4-3-5-16(2)22(15)30-23(33)31-28-12-17-6-11-21-29-20(14-32(21)13-17)18-7-9-19(10-8-18)34-24(25,26)27/h3-14H,1-2H3,(H2,30,31,33)/b28-12+. The SMILES string of the molecule is Cc1cccc(C)c1NC(=O)N/N=C/c1ccc2nc(-c3ccc(OC(F)(F)F)cc3)cn2c1. The summed E-state index contributed by atoms with van der Waals surface area (Å²) in [5.41, 5.74) is 7.64. The molecule has 4 rings (SSSR count). The maximum Gasteiger partial charge on any atom is 0.573 e. The molecule has 2 heterocycles. The van der Waals surface area contributed by atoms with E-state index in [1.807, 2.05) is 32.0 Å². The lowest BCUT2D eigenvalue weighted by Crippen LogP contribution is -2.25. The number of anilines is 1. The van der Waals surface area contributed by atoms with Gasteiger partial charge < -0.3 is 14.5 Å². The first-order chi connectivity index (χ1) is 16.2. The van der Waals surface area contributed by atoms with Gasteiger partial charge in [0.25, 0.3) is 0 Å². The van der Waals surface area contributed by atoms with Gasteiger partial charge in [-0.25, -0.2) is 15.2 Å². The number of pyridine rings is 1. The number of alkyl halides is 3. The van der Waals surface area contributed by atoms with Gasteiger partial charge in [-0.2, -0.15) is 5.10 Å². The van der Waals surface area contributed by atoms with Crippen molar-refractivity contribution in [3.8, 4) is 17.0 Å². The van der Waals surface area contributed by atoms with E-state index in [1.165, 1.54) is 30.5 Å². The van der Waals surface area contributed by atoms with Gasteiger partial charge in [-0.3, -0.25) is 0 Å². The first-order valence-corrected chi connectivity index (χ1v) is 10.2. The van der Waals surface area contributed by atoms with Crippen LogP contribution in [0.1, 0.15) is 16.7 Å². The van der Waals surface area contributed by atoms with Crippen LogP contribution in [0.3, 0.4) is 0 Å². The fourth-order valence-electron chi connectivity index (χ4n) is 3.37. The summed E-state index contributed by atoms with van der Waals surface area (Å²) in [5.74, 6) is -0.298. The van der Waals surface area contributed by atoms with Crippen molar-refractivity contribution in [1.82, 2.24) is 14.8 Å². The highest BCUT2D eigenvalue weighted by Gasteiger charge is 2.31. The van der Waals surface area contributed by atoms with Crippen LogP contribution in [0.25, 0.3) is 16.9 Å². The Morgan fingerprint density at radius 2 is 1.74 bits per heavy atom. The zero-order valence-electron chi connectivity index (χ0n) is 18.2. The van der Waals surface area contributed by atoms with Crippen molar-refractivity contribution in [2.45, 2.75) is 20.2 Å². The van der Waals surface area contributed by atoms with Crippen LogP contribution in [-0.2, 0) is 0 Å². The summed E-state index contributed by atoms with van der Waals surface area (Å²) in [7, 11) is 0. The topological polar surface area (TPSA) is 80.0 Å². The monoisotopic (exact) mass is 467 g/mol. The van der Waals surface area contributed by atoms with Crippen LogP contribution in [0.2, 0.25) is 0 Å². The molecule has 34 heavy (non-hydrogen) atoms. The molecule has 10 heteroatoms. The number of hydrazone groups is 1. The van der Waals surface area contributed by atoms with Crippen LogP contribution in [0, 0.1) is 13.8 Å². The summed E-state index contributed by atoms with van der Waals surface area (Å²) >= 11 is 0. The number of hydrogen-bond donors (Lipinski definition) is 2. The Morgan fingerprint density at radius 1 is 1.03 bits per heavy atom. The number of rotatable bonds is 5. The number of carbonyl (C=O) groups is 1. The third kappa shape index (κ3) is 5.52. The highest BCUT2D eigenvalue weighted by Crippen LogP contribution is 2.26. The second-order valence-corrected chi connectivity index (χ2v) is 7.52. The second-order valence-electron chi connectivity index (χ2n) is 7.52. The molecular formula is C24H20F3N5O2. The fourth-order valence-corrected chi connectivity index (χ4v) is 3.37. The molecule has 0 saturated carbocycles. The molecule has 0 saturated heterocycles. The van der Waals surface area contributed by atoms with E-state index in [0.717, 1.165) is 16.8 Å². The molecule has 0 aliphatic carbocycles. The zero-order chi connectivity index (χ0) is 24.3. The van der Waals surface area contributed by atoms with Gasteiger partial charge in [0.15, 0.2) is 0 Å². The minimum Gasteiger partial charge on any atom is -0.406 e. The van der Waals surface area contributed by atoms with Crippen molar-refractivity contribution in [1.29, 1.82) is 0 Å². The van der Waals surface area contributed by atoms with Gasteiger partial charge in [0.2, 0.25) is 0 Å². The molecule has 0 bridgehead atoms. The first-order valence-electron chi connectivity index (χ1n) is 10.2. The van der Waals surface area contributed by atoms with Crippen molar-refractivity contribution in [2.24, 2.45) is 5.10 Å². The molecule has 2 N–H and O–H groups in total. The van der Waals surface area contributed by atoms with E-state index in [2.05, 4.69) is 25.6 Å². The van der Waals surface area contributed by atoms with Crippen LogP contribution in [-0.4, -0.2) is 28.0 Å². The number of nitrogens with zero attached hydrogens (tertiary/aromatic N) is 3. The number of amides is 2. The molecule has 0 atom stereocenters. The van der Waals surface area contributed by atoms with E-state index < -0.39 is 12.4 Å². The Balaban J connectivity index is 1.43. The zero-order valence-corrected chi connectivity index (χ0v) is 18.2. The lowest BCUT2D eigenvalue weighted by molar-refractivity contribution is -0.274. The van der Waals surface area contributed by atoms with E-state index in [9.17, 15) is 18.0 Å². The summed E-state index contributed by atoms with van der Waals surface area (Å²) in [5, 5.41) is 6.76. The number of benzene rings is 2. The Morgan fingerprint density at radius 3 is 2.41 bits per heavy atom. The van der Waals surface area contributed by atoms with E-state index in [-0.39, 0.29) is 5.75 Å². The van der Waals surface area contributed by atoms with Crippen LogP contribution in [0.4, 0.5) is 23.7 Å². The number of imidazole rings is 1. The Bertz CT molecular complexity index is 1340. The maximum absolute atomic E-state index is 12.3. The average molecular weight is 467 g/mol. The summed E-state index contributed by atoms with van der Waals surface area (Å²) in [6, 6.07) is 14.3. The fraction of sp³-hybridized carbons (Fsp3) is 0.125. The summed E-state index contributed by atoms with van der Waals surface area (Å²) in [6.45, 7) is 3.82. The molecular weight excluding hydrogens is 447 g/mol. The Labute approximate surface area is 192 Å². The predicted molar refractivity (Wildman–Crippen MR) is 123 cm³/mol. The van der Waals surface area contributed by atoms with Crippen LogP contribution in [0.5, 0.6) is 5.75 Å². The highest BCUT2D eigenvalue weighted by molar-refractivity contribution is 5.91. The quantitative estimate of drug-likeness (QED) is 0.293. The summed E-state index contributed by atoms with van der Waals surface area (Å²) in [6.07, 6.45) is 0.263. The first kappa shape index (κ1) is 22.8. The van der Waals surface area contributed by atoms with Crippen molar-refractivity contribution in [2.75, 3.05) is 5.32 Å². The van der Waals surface area contributed by atoms with Gasteiger partial charge in [-0.15, -0.1) is 13.2 Å². The van der Waals surface area contributed by atoms with Crippen molar-refractivity contribution in [3.63, 3.8) is 0 Å². The maximum atomic E-state index is 12.3. The van der Waals surface area contributed by atoms with E-state index >= 15 is 0 Å². The number of carbonyl (C=O) groups excluding carboxylic acids is 1. The molecule has 0 aliphatic heterocycles. The smallest absolute Gasteiger partial charge is 0.406 e. The van der Waals surface area contributed by atoms with Gasteiger partial charge in [0.05, 0.1) is 11.9 Å². The van der Waals surface area contributed by atoms with E-state index in [1.54, 1.807) is 28.9 Å². The number of urea groups is 1. The molecule has 2 aromatic heterocycles. The lowest BCUT2D eigenvalue weighted by atomic mass is 10.1. The van der Waals surface area contributed by atoms with Crippen molar-refractivity contribution >= 4 is 23.6 Å². The van der Waals surface area contributed by atoms with Crippen LogP contribution >= 0.6 is 0 Å². The van der Waals surface area contributed by atoms with Crippen molar-refractivity contribution in [3.05, 3.63) is 83.7 Å². The van der Waals surface area contributed by atoms with E-state index in [0.29, 0.717) is 22.5 Å². The predicted octanol–water partition coefficient (Wildman–Crippen LogP) is 5.67. The van der Waals surface area contributed by atoms with Crippen molar-refractivity contribution < 1.29 is 22.7 Å². The van der Waals surface area contributed by atoms with Gasteiger partial charge in [0, 0.05) is 29.2 Å². The summed E-state index contributed by atoms with van der Waals surface area (Å²) < 4.78 is 42.6. The third-order valence-corrected chi connectivity index (χ3v) is 4.96. The number of hydrogen-bond acceptors (Lipinski definition) is 4. The van der Waals surface area contributed by atoms with Crippen LogP contribution < -0.4 is 15.5 Å². The summed E-state index contributed by atoms with van der Waals surface area (Å²) in [4.78, 5) is 16.6. The minimum atomic E-state index is -4.74.